The normalized spacial score (nSPS) is 10.7. The standard InChI is InChI=1S/C22H24N2O3/c1-3-21(25)24(12-11-16-7-5-4-6-8-16)15-18-13-17-14-19(27-2)9-10-20(17)23-22(18)26/h4-10,13-14H,3,11-12,15H2,1-2H3,(H,23,26). The molecule has 0 aliphatic rings. The Bertz CT molecular complexity index is 980. The van der Waals surface area contributed by atoms with Crippen LogP contribution in [0.4, 0.5) is 0 Å². The molecule has 1 heterocycles. The van der Waals surface area contributed by atoms with Gasteiger partial charge in [0, 0.05) is 29.4 Å². The number of benzene rings is 2. The molecule has 3 rings (SSSR count). The highest BCUT2D eigenvalue weighted by atomic mass is 16.5. The number of rotatable bonds is 7. The number of aromatic nitrogens is 1. The van der Waals surface area contributed by atoms with Gasteiger partial charge in [0.1, 0.15) is 5.75 Å². The van der Waals surface area contributed by atoms with Crippen molar-refractivity contribution in [3.05, 3.63) is 76.1 Å². The van der Waals surface area contributed by atoms with Gasteiger partial charge in [-0.1, -0.05) is 37.3 Å². The van der Waals surface area contributed by atoms with Gasteiger partial charge in [-0.25, -0.2) is 0 Å². The number of nitrogens with one attached hydrogen (secondary N) is 1. The maximum Gasteiger partial charge on any atom is 0.253 e. The SMILES string of the molecule is CCC(=O)N(CCc1ccccc1)Cc1cc2cc(OC)ccc2[nH]c1=O. The third-order valence-corrected chi connectivity index (χ3v) is 4.66. The molecule has 1 N–H and O–H groups in total. The Hall–Kier alpha value is -3.08. The smallest absolute Gasteiger partial charge is 0.253 e. The van der Waals surface area contributed by atoms with Gasteiger partial charge >= 0.3 is 0 Å². The van der Waals surface area contributed by atoms with Crippen molar-refractivity contribution < 1.29 is 9.53 Å². The maximum atomic E-state index is 12.5. The zero-order valence-corrected chi connectivity index (χ0v) is 15.7. The van der Waals surface area contributed by atoms with Gasteiger partial charge in [0.25, 0.3) is 5.56 Å². The fourth-order valence-corrected chi connectivity index (χ4v) is 3.10. The number of H-pyrrole nitrogens is 1. The lowest BCUT2D eigenvalue weighted by Crippen LogP contribution is -2.34. The summed E-state index contributed by atoms with van der Waals surface area (Å²) in [7, 11) is 1.61. The molecule has 0 aliphatic carbocycles. The number of fused-ring (bicyclic) bond motifs is 1. The van der Waals surface area contributed by atoms with Crippen LogP contribution >= 0.6 is 0 Å². The van der Waals surface area contributed by atoms with Crippen molar-refractivity contribution >= 4 is 16.8 Å². The molecule has 140 valence electrons. The third-order valence-electron chi connectivity index (χ3n) is 4.66. The minimum absolute atomic E-state index is 0.0380. The second-order valence-electron chi connectivity index (χ2n) is 6.48. The monoisotopic (exact) mass is 364 g/mol. The third kappa shape index (κ3) is 4.56. The highest BCUT2D eigenvalue weighted by Crippen LogP contribution is 2.19. The van der Waals surface area contributed by atoms with Crippen molar-refractivity contribution in [2.45, 2.75) is 26.3 Å². The molecule has 0 spiro atoms. The van der Waals surface area contributed by atoms with Crippen LogP contribution in [0.3, 0.4) is 0 Å². The number of carbonyl (C=O) groups is 1. The zero-order valence-electron chi connectivity index (χ0n) is 15.7. The average Bonchev–Trinajstić information content (AvgIpc) is 2.71. The summed E-state index contributed by atoms with van der Waals surface area (Å²) in [5.41, 5.74) is 2.33. The van der Waals surface area contributed by atoms with Crippen LogP contribution in [-0.4, -0.2) is 29.4 Å². The molecule has 1 aromatic heterocycles. The van der Waals surface area contributed by atoms with Crippen LogP contribution in [0.5, 0.6) is 5.75 Å². The van der Waals surface area contributed by atoms with Crippen molar-refractivity contribution in [2.24, 2.45) is 0 Å². The van der Waals surface area contributed by atoms with Crippen molar-refractivity contribution in [3.63, 3.8) is 0 Å². The van der Waals surface area contributed by atoms with Crippen LogP contribution in [0, 0.1) is 0 Å². The highest BCUT2D eigenvalue weighted by molar-refractivity contribution is 5.81. The van der Waals surface area contributed by atoms with Gasteiger partial charge in [0.05, 0.1) is 13.7 Å². The molecule has 5 nitrogen and oxygen atoms in total. The number of ether oxygens (including phenoxy) is 1. The number of hydrogen-bond acceptors (Lipinski definition) is 3. The van der Waals surface area contributed by atoms with E-state index in [1.807, 2.05) is 61.5 Å². The number of carbonyl (C=O) groups excluding carboxylic acids is 1. The first-order valence-electron chi connectivity index (χ1n) is 9.12. The summed E-state index contributed by atoms with van der Waals surface area (Å²) in [6.07, 6.45) is 1.17. The molecule has 3 aromatic rings. The summed E-state index contributed by atoms with van der Waals surface area (Å²) in [4.78, 5) is 29.5. The molecule has 1 amide bonds. The number of aromatic amines is 1. The molecule has 2 aromatic carbocycles. The zero-order chi connectivity index (χ0) is 19.2. The summed E-state index contributed by atoms with van der Waals surface area (Å²) >= 11 is 0. The Balaban J connectivity index is 1.84. The van der Waals surface area contributed by atoms with Crippen molar-refractivity contribution in [1.82, 2.24) is 9.88 Å². The molecule has 0 bridgehead atoms. The average molecular weight is 364 g/mol. The molecule has 0 aliphatic heterocycles. The highest BCUT2D eigenvalue weighted by Gasteiger charge is 2.15. The van der Waals surface area contributed by atoms with E-state index in [1.54, 1.807) is 12.0 Å². The number of hydrogen-bond donors (Lipinski definition) is 1. The van der Waals surface area contributed by atoms with Crippen LogP contribution in [0.1, 0.15) is 24.5 Å². The predicted molar refractivity (Wildman–Crippen MR) is 107 cm³/mol. The Morgan fingerprint density at radius 2 is 1.89 bits per heavy atom. The predicted octanol–water partition coefficient (Wildman–Crippen LogP) is 3.52. The fraction of sp³-hybridized carbons (Fsp3) is 0.273. The molecule has 5 heteroatoms. The van der Waals surface area contributed by atoms with E-state index in [1.165, 1.54) is 5.56 Å². The van der Waals surface area contributed by atoms with Crippen molar-refractivity contribution in [1.29, 1.82) is 0 Å². The topological polar surface area (TPSA) is 62.4 Å². The molecule has 0 unspecified atom stereocenters. The first-order valence-corrected chi connectivity index (χ1v) is 9.12. The Morgan fingerprint density at radius 1 is 1.11 bits per heavy atom. The Kier molecular flexibility index (Phi) is 5.91. The van der Waals surface area contributed by atoms with Gasteiger partial charge < -0.3 is 14.6 Å². The van der Waals surface area contributed by atoms with Crippen LogP contribution < -0.4 is 10.3 Å². The molecule has 0 saturated carbocycles. The van der Waals surface area contributed by atoms with Gasteiger partial charge in [-0.15, -0.1) is 0 Å². The van der Waals surface area contributed by atoms with E-state index in [-0.39, 0.29) is 11.5 Å². The second-order valence-corrected chi connectivity index (χ2v) is 6.48. The van der Waals surface area contributed by atoms with E-state index in [2.05, 4.69) is 4.98 Å². The summed E-state index contributed by atoms with van der Waals surface area (Å²) in [5.74, 6) is 0.766. The van der Waals surface area contributed by atoms with E-state index in [9.17, 15) is 9.59 Å². The van der Waals surface area contributed by atoms with Gasteiger partial charge in [0.15, 0.2) is 0 Å². The fourth-order valence-electron chi connectivity index (χ4n) is 3.10. The van der Waals surface area contributed by atoms with Gasteiger partial charge in [-0.05, 0) is 36.2 Å². The molecule has 27 heavy (non-hydrogen) atoms. The van der Waals surface area contributed by atoms with E-state index in [4.69, 9.17) is 4.74 Å². The lowest BCUT2D eigenvalue weighted by atomic mass is 10.1. The molecule has 0 radical (unpaired) electrons. The van der Waals surface area contributed by atoms with Crippen LogP contribution in [0.2, 0.25) is 0 Å². The van der Waals surface area contributed by atoms with Gasteiger partial charge in [0.2, 0.25) is 5.91 Å². The Labute approximate surface area is 158 Å². The summed E-state index contributed by atoms with van der Waals surface area (Å²) < 4.78 is 5.26. The first kappa shape index (κ1) is 18.7. The summed E-state index contributed by atoms with van der Waals surface area (Å²) in [5, 5.41) is 0.885. The minimum Gasteiger partial charge on any atom is -0.497 e. The van der Waals surface area contributed by atoms with Crippen LogP contribution in [0.15, 0.2) is 59.4 Å². The lowest BCUT2D eigenvalue weighted by Gasteiger charge is -2.22. The largest absolute Gasteiger partial charge is 0.497 e. The van der Waals surface area contributed by atoms with Crippen LogP contribution in [-0.2, 0) is 17.8 Å². The molecule has 0 atom stereocenters. The maximum absolute atomic E-state index is 12.5. The quantitative estimate of drug-likeness (QED) is 0.698. The second kappa shape index (κ2) is 8.54. The molecular formula is C22H24N2O3. The lowest BCUT2D eigenvalue weighted by molar-refractivity contribution is -0.131. The van der Waals surface area contributed by atoms with Gasteiger partial charge in [-0.2, -0.15) is 0 Å². The van der Waals surface area contributed by atoms with Crippen molar-refractivity contribution in [2.75, 3.05) is 13.7 Å². The van der Waals surface area contributed by atoms with Crippen molar-refractivity contribution in [3.8, 4) is 5.75 Å². The Morgan fingerprint density at radius 3 is 2.59 bits per heavy atom. The van der Waals surface area contributed by atoms with Crippen LogP contribution in [0.25, 0.3) is 10.9 Å². The van der Waals surface area contributed by atoms with E-state index in [0.29, 0.717) is 25.1 Å². The molecule has 0 saturated heterocycles. The number of amides is 1. The number of pyridine rings is 1. The van der Waals surface area contributed by atoms with E-state index in [0.717, 1.165) is 23.1 Å². The number of nitrogens with zero attached hydrogens (tertiary/aromatic N) is 1. The molecule has 0 fully saturated rings. The minimum atomic E-state index is -0.165. The molecular weight excluding hydrogens is 340 g/mol. The summed E-state index contributed by atoms with van der Waals surface area (Å²) in [6.45, 7) is 2.71. The number of methoxy groups -OCH3 is 1. The summed E-state index contributed by atoms with van der Waals surface area (Å²) in [6, 6.07) is 17.4. The van der Waals surface area contributed by atoms with E-state index >= 15 is 0 Å². The van der Waals surface area contributed by atoms with E-state index < -0.39 is 0 Å². The first-order chi connectivity index (χ1) is 13.1. The van der Waals surface area contributed by atoms with Gasteiger partial charge in [-0.3, -0.25) is 9.59 Å².